The summed E-state index contributed by atoms with van der Waals surface area (Å²) in [5, 5.41) is 3.29. The fourth-order valence-electron chi connectivity index (χ4n) is 2.91. The Balaban J connectivity index is 1.69. The van der Waals surface area contributed by atoms with Crippen molar-refractivity contribution in [1.82, 2.24) is 9.55 Å². The van der Waals surface area contributed by atoms with Crippen molar-refractivity contribution in [2.75, 3.05) is 5.32 Å². The highest BCUT2D eigenvalue weighted by molar-refractivity contribution is 7.18. The van der Waals surface area contributed by atoms with Gasteiger partial charge in [-0.15, -0.1) is 11.3 Å². The molecule has 7 nitrogen and oxygen atoms in total. The van der Waals surface area contributed by atoms with Crippen LogP contribution in [0.2, 0.25) is 0 Å². The molecule has 152 valence electrons. The van der Waals surface area contributed by atoms with Gasteiger partial charge in [-0.25, -0.2) is 4.98 Å². The molecule has 0 bridgehead atoms. The maximum absolute atomic E-state index is 12.7. The topological polar surface area (TPSA) is 90.3 Å². The van der Waals surface area contributed by atoms with Crippen LogP contribution in [0.1, 0.15) is 28.5 Å². The molecule has 3 aromatic rings. The first kappa shape index (κ1) is 20.7. The van der Waals surface area contributed by atoms with Crippen LogP contribution < -0.4 is 10.9 Å². The molecule has 1 atom stereocenters. The number of aromatic nitrogens is 2. The van der Waals surface area contributed by atoms with Crippen LogP contribution in [-0.4, -0.2) is 27.5 Å². The Bertz CT molecular complexity index is 1160. The standard InChI is InChI=1S/C21H23N3O4S/c1-11-6-7-12(2)16(8-11)23-19(26)14(4)28-17(25)9-24-10-22-20-18(21(24)27)13(3)15(5)29-20/h6-8,10,14H,9H2,1-5H3,(H,23,26)/t14-/m1/s1. The molecule has 0 spiro atoms. The molecule has 0 unspecified atom stereocenters. The summed E-state index contributed by atoms with van der Waals surface area (Å²) in [4.78, 5) is 43.3. The van der Waals surface area contributed by atoms with Crippen LogP contribution in [0.15, 0.2) is 29.3 Å². The van der Waals surface area contributed by atoms with E-state index in [1.54, 1.807) is 0 Å². The predicted octanol–water partition coefficient (Wildman–Crippen LogP) is 3.26. The second-order valence-electron chi connectivity index (χ2n) is 7.08. The van der Waals surface area contributed by atoms with E-state index in [4.69, 9.17) is 4.74 Å². The third-order valence-electron chi connectivity index (χ3n) is 4.78. The molecule has 2 aromatic heterocycles. The number of amides is 1. The zero-order chi connectivity index (χ0) is 21.3. The SMILES string of the molecule is Cc1ccc(C)c(NC(=O)[C@@H](C)OC(=O)Cn2cnc3sc(C)c(C)c3c2=O)c1. The van der Waals surface area contributed by atoms with Gasteiger partial charge < -0.3 is 10.1 Å². The number of fused-ring (bicyclic) bond motifs is 1. The first-order chi connectivity index (χ1) is 13.7. The quantitative estimate of drug-likeness (QED) is 0.649. The van der Waals surface area contributed by atoms with E-state index in [0.29, 0.717) is 15.9 Å². The van der Waals surface area contributed by atoms with Crippen molar-refractivity contribution in [2.24, 2.45) is 0 Å². The molecular weight excluding hydrogens is 390 g/mol. The number of nitrogens with zero attached hydrogens (tertiary/aromatic N) is 2. The smallest absolute Gasteiger partial charge is 0.326 e. The number of nitrogens with one attached hydrogen (secondary N) is 1. The summed E-state index contributed by atoms with van der Waals surface area (Å²) in [5.74, 6) is -1.11. The van der Waals surface area contributed by atoms with Crippen molar-refractivity contribution in [2.45, 2.75) is 47.3 Å². The largest absolute Gasteiger partial charge is 0.451 e. The fraction of sp³-hybridized carbons (Fsp3) is 0.333. The molecule has 0 radical (unpaired) electrons. The molecule has 0 saturated carbocycles. The van der Waals surface area contributed by atoms with Gasteiger partial charge in [-0.05, 0) is 57.4 Å². The maximum atomic E-state index is 12.7. The summed E-state index contributed by atoms with van der Waals surface area (Å²) in [6.45, 7) is 8.79. The van der Waals surface area contributed by atoms with Gasteiger partial charge in [-0.2, -0.15) is 0 Å². The van der Waals surface area contributed by atoms with Crippen molar-refractivity contribution < 1.29 is 14.3 Å². The second-order valence-corrected chi connectivity index (χ2v) is 8.28. The molecule has 2 heterocycles. The Morgan fingerprint density at radius 1 is 1.24 bits per heavy atom. The van der Waals surface area contributed by atoms with Gasteiger partial charge in [0.15, 0.2) is 6.10 Å². The molecule has 1 aromatic carbocycles. The molecule has 0 saturated heterocycles. The number of aryl methyl sites for hydroxylation is 4. The van der Waals surface area contributed by atoms with E-state index < -0.39 is 18.0 Å². The van der Waals surface area contributed by atoms with Crippen molar-refractivity contribution in [3.8, 4) is 0 Å². The van der Waals surface area contributed by atoms with E-state index >= 15 is 0 Å². The van der Waals surface area contributed by atoms with E-state index in [2.05, 4.69) is 10.3 Å². The van der Waals surface area contributed by atoms with Gasteiger partial charge in [0.05, 0.1) is 11.7 Å². The van der Waals surface area contributed by atoms with Crippen molar-refractivity contribution in [3.63, 3.8) is 0 Å². The summed E-state index contributed by atoms with van der Waals surface area (Å²) in [5.41, 5.74) is 3.17. The highest BCUT2D eigenvalue weighted by atomic mass is 32.1. The van der Waals surface area contributed by atoms with Crippen molar-refractivity contribution in [1.29, 1.82) is 0 Å². The number of carbonyl (C=O) groups is 2. The molecule has 0 fully saturated rings. The molecule has 3 rings (SSSR count). The third kappa shape index (κ3) is 4.37. The van der Waals surface area contributed by atoms with Crippen LogP contribution in [0.25, 0.3) is 10.2 Å². The number of hydrogen-bond donors (Lipinski definition) is 1. The van der Waals surface area contributed by atoms with Gasteiger partial charge in [-0.1, -0.05) is 12.1 Å². The van der Waals surface area contributed by atoms with Crippen LogP contribution >= 0.6 is 11.3 Å². The highest BCUT2D eigenvalue weighted by Gasteiger charge is 2.20. The molecule has 0 aliphatic carbocycles. The van der Waals surface area contributed by atoms with E-state index in [-0.39, 0.29) is 12.1 Å². The minimum Gasteiger partial charge on any atom is -0.451 e. The first-order valence-electron chi connectivity index (χ1n) is 9.20. The molecule has 8 heteroatoms. The third-order valence-corrected chi connectivity index (χ3v) is 5.90. The van der Waals surface area contributed by atoms with E-state index in [9.17, 15) is 14.4 Å². The average molecular weight is 413 g/mol. The summed E-state index contributed by atoms with van der Waals surface area (Å²) in [7, 11) is 0. The van der Waals surface area contributed by atoms with Gasteiger partial charge in [-0.3, -0.25) is 19.0 Å². The van der Waals surface area contributed by atoms with Gasteiger partial charge in [0, 0.05) is 10.6 Å². The van der Waals surface area contributed by atoms with Crippen LogP contribution in [0, 0.1) is 27.7 Å². The lowest BCUT2D eigenvalue weighted by atomic mass is 10.1. The van der Waals surface area contributed by atoms with Crippen LogP contribution in [0.3, 0.4) is 0 Å². The molecule has 0 aliphatic rings. The molecule has 1 amide bonds. The Morgan fingerprint density at radius 2 is 1.97 bits per heavy atom. The maximum Gasteiger partial charge on any atom is 0.326 e. The van der Waals surface area contributed by atoms with Gasteiger partial charge in [0.1, 0.15) is 11.4 Å². The summed E-state index contributed by atoms with van der Waals surface area (Å²) < 4.78 is 6.43. The van der Waals surface area contributed by atoms with Crippen LogP contribution in [0.4, 0.5) is 5.69 Å². The van der Waals surface area contributed by atoms with Crippen molar-refractivity contribution in [3.05, 3.63) is 56.4 Å². The average Bonchev–Trinajstić information content (AvgIpc) is 2.95. The minimum atomic E-state index is -1.00. The lowest BCUT2D eigenvalue weighted by Gasteiger charge is -2.15. The van der Waals surface area contributed by atoms with Crippen molar-refractivity contribution >= 4 is 39.1 Å². The number of esters is 1. The Labute approximate surface area is 172 Å². The lowest BCUT2D eigenvalue weighted by molar-refractivity contribution is -0.153. The monoisotopic (exact) mass is 413 g/mol. The Kier molecular flexibility index (Phi) is 5.83. The molecular formula is C21H23N3O4S. The predicted molar refractivity (Wildman–Crippen MR) is 113 cm³/mol. The van der Waals surface area contributed by atoms with E-state index in [1.165, 1.54) is 29.2 Å². The minimum absolute atomic E-state index is 0.290. The van der Waals surface area contributed by atoms with Crippen LogP contribution in [-0.2, 0) is 20.9 Å². The molecule has 29 heavy (non-hydrogen) atoms. The first-order valence-corrected chi connectivity index (χ1v) is 10.0. The highest BCUT2D eigenvalue weighted by Crippen LogP contribution is 2.25. The second kappa shape index (κ2) is 8.16. The zero-order valence-electron chi connectivity index (χ0n) is 17.0. The van der Waals surface area contributed by atoms with Gasteiger partial charge in [0.2, 0.25) is 0 Å². The summed E-state index contributed by atoms with van der Waals surface area (Å²) in [6.07, 6.45) is 0.335. The number of thiophene rings is 1. The number of hydrogen-bond acceptors (Lipinski definition) is 6. The fourth-order valence-corrected chi connectivity index (χ4v) is 3.90. The van der Waals surface area contributed by atoms with Gasteiger partial charge in [0.25, 0.3) is 11.5 Å². The zero-order valence-corrected chi connectivity index (χ0v) is 17.8. The Morgan fingerprint density at radius 3 is 2.69 bits per heavy atom. The lowest BCUT2D eigenvalue weighted by Crippen LogP contribution is -2.33. The summed E-state index contributed by atoms with van der Waals surface area (Å²) >= 11 is 1.44. The summed E-state index contributed by atoms with van der Waals surface area (Å²) in [6, 6.07) is 5.71. The number of rotatable bonds is 5. The number of benzene rings is 1. The van der Waals surface area contributed by atoms with Crippen LogP contribution in [0.5, 0.6) is 0 Å². The molecule has 0 aliphatic heterocycles. The Hall–Kier alpha value is -3.00. The normalized spacial score (nSPS) is 12.0. The van der Waals surface area contributed by atoms with E-state index in [1.807, 2.05) is 45.9 Å². The number of anilines is 1. The van der Waals surface area contributed by atoms with Gasteiger partial charge >= 0.3 is 5.97 Å². The van der Waals surface area contributed by atoms with E-state index in [0.717, 1.165) is 21.6 Å². The number of carbonyl (C=O) groups excluding carboxylic acids is 2. The molecule has 1 N–H and O–H groups in total. The number of ether oxygens (including phenoxy) is 1.